The van der Waals surface area contributed by atoms with Gasteiger partial charge in [0.15, 0.2) is 0 Å². The van der Waals surface area contributed by atoms with E-state index in [2.05, 4.69) is 0 Å². The molecule has 3 heteroatoms. The number of benzene rings is 1. The van der Waals surface area contributed by atoms with E-state index in [0.29, 0.717) is 5.56 Å². The van der Waals surface area contributed by atoms with E-state index in [1.807, 2.05) is 13.0 Å². The molecule has 0 spiro atoms. The van der Waals surface area contributed by atoms with Crippen molar-refractivity contribution in [3.05, 3.63) is 35.1 Å². The lowest BCUT2D eigenvalue weighted by Crippen LogP contribution is -2.10. The zero-order valence-electron chi connectivity index (χ0n) is 7.88. The second-order valence-electron chi connectivity index (χ2n) is 2.97. The molecule has 1 aromatic carbocycles. The van der Waals surface area contributed by atoms with Crippen LogP contribution in [0.1, 0.15) is 30.5 Å². The molecule has 0 heterocycles. The summed E-state index contributed by atoms with van der Waals surface area (Å²) in [6.45, 7) is 3.76. The molecule has 0 aliphatic heterocycles. The number of nitrogens with two attached hydrogens (primary N) is 1. The molecule has 1 rings (SSSR count). The third kappa shape index (κ3) is 2.68. The number of hydrogen-bond donors (Lipinski definition) is 1. The van der Waals surface area contributed by atoms with Crippen LogP contribution in [-0.4, -0.2) is 0 Å². The van der Waals surface area contributed by atoms with Gasteiger partial charge in [0.05, 0.1) is 0 Å². The molecule has 2 N–H and O–H groups in total. The van der Waals surface area contributed by atoms with E-state index in [9.17, 15) is 4.39 Å². The number of hydrogen-bond acceptors (Lipinski definition) is 1. The average Bonchev–Trinajstić information content (AvgIpc) is 2.08. The molecule has 0 radical (unpaired) electrons. The first-order chi connectivity index (χ1) is 5.66. The van der Waals surface area contributed by atoms with Crippen LogP contribution in [0.3, 0.4) is 0 Å². The molecule has 0 unspecified atom stereocenters. The first kappa shape index (κ1) is 12.4. The van der Waals surface area contributed by atoms with Crippen LogP contribution in [0.5, 0.6) is 0 Å². The van der Waals surface area contributed by atoms with Gasteiger partial charge in [0.25, 0.3) is 0 Å². The summed E-state index contributed by atoms with van der Waals surface area (Å²) < 4.78 is 13.0. The third-order valence-corrected chi connectivity index (χ3v) is 2.15. The molecule has 1 aromatic rings. The van der Waals surface area contributed by atoms with Gasteiger partial charge in [-0.2, -0.15) is 0 Å². The first-order valence-electron chi connectivity index (χ1n) is 4.17. The molecule has 0 fully saturated rings. The Morgan fingerprint density at radius 3 is 2.62 bits per heavy atom. The van der Waals surface area contributed by atoms with Crippen LogP contribution in [0.25, 0.3) is 0 Å². The summed E-state index contributed by atoms with van der Waals surface area (Å²) in [7, 11) is 0. The lowest BCUT2D eigenvalue weighted by Gasteiger charge is -2.12. The van der Waals surface area contributed by atoms with Crippen LogP contribution in [0, 0.1) is 12.7 Å². The lowest BCUT2D eigenvalue weighted by molar-refractivity contribution is 0.605. The molecular formula is C10H15ClFN. The Bertz CT molecular complexity index is 276. The zero-order chi connectivity index (χ0) is 9.14. The van der Waals surface area contributed by atoms with Crippen molar-refractivity contribution >= 4 is 12.4 Å². The zero-order valence-corrected chi connectivity index (χ0v) is 8.70. The van der Waals surface area contributed by atoms with Crippen LogP contribution in [0.2, 0.25) is 0 Å². The Hall–Kier alpha value is -0.600. The van der Waals surface area contributed by atoms with Crippen molar-refractivity contribution in [2.75, 3.05) is 0 Å². The third-order valence-electron chi connectivity index (χ3n) is 2.15. The summed E-state index contributed by atoms with van der Waals surface area (Å²) in [5.41, 5.74) is 7.38. The molecular weight excluding hydrogens is 189 g/mol. The predicted octanol–water partition coefficient (Wildman–Crippen LogP) is 2.97. The molecule has 0 saturated heterocycles. The Morgan fingerprint density at radius 2 is 2.08 bits per heavy atom. The fourth-order valence-corrected chi connectivity index (χ4v) is 1.25. The van der Waals surface area contributed by atoms with E-state index < -0.39 is 0 Å². The van der Waals surface area contributed by atoms with Gasteiger partial charge in [-0.05, 0) is 30.5 Å². The van der Waals surface area contributed by atoms with Gasteiger partial charge in [0, 0.05) is 6.04 Å². The van der Waals surface area contributed by atoms with Crippen molar-refractivity contribution in [3.63, 3.8) is 0 Å². The van der Waals surface area contributed by atoms with Gasteiger partial charge in [-0.15, -0.1) is 12.4 Å². The van der Waals surface area contributed by atoms with Crippen LogP contribution in [0.4, 0.5) is 4.39 Å². The van der Waals surface area contributed by atoms with E-state index in [4.69, 9.17) is 5.73 Å². The van der Waals surface area contributed by atoms with Gasteiger partial charge in [-0.3, -0.25) is 0 Å². The van der Waals surface area contributed by atoms with Gasteiger partial charge in [-0.1, -0.05) is 19.1 Å². The Balaban J connectivity index is 0.00000144. The van der Waals surface area contributed by atoms with Crippen LogP contribution in [-0.2, 0) is 0 Å². The van der Waals surface area contributed by atoms with E-state index in [1.165, 1.54) is 6.07 Å². The molecule has 0 bridgehead atoms. The maximum absolute atomic E-state index is 13.0. The minimum absolute atomic E-state index is 0. The van der Waals surface area contributed by atoms with E-state index in [-0.39, 0.29) is 24.3 Å². The number of rotatable bonds is 2. The lowest BCUT2D eigenvalue weighted by atomic mass is 10.00. The molecule has 13 heavy (non-hydrogen) atoms. The molecule has 0 aliphatic rings. The molecule has 1 nitrogen and oxygen atoms in total. The van der Waals surface area contributed by atoms with Crippen LogP contribution in [0.15, 0.2) is 18.2 Å². The number of halogens is 2. The van der Waals surface area contributed by atoms with Crippen molar-refractivity contribution in [3.8, 4) is 0 Å². The smallest absolute Gasteiger partial charge is 0.126 e. The van der Waals surface area contributed by atoms with Crippen molar-refractivity contribution in [2.24, 2.45) is 5.73 Å². The Morgan fingerprint density at radius 1 is 1.46 bits per heavy atom. The summed E-state index contributed by atoms with van der Waals surface area (Å²) >= 11 is 0. The topological polar surface area (TPSA) is 26.0 Å². The van der Waals surface area contributed by atoms with Gasteiger partial charge in [0.2, 0.25) is 0 Å². The summed E-state index contributed by atoms with van der Waals surface area (Å²) in [6.07, 6.45) is 0.838. The molecule has 0 amide bonds. The Labute approximate surface area is 84.5 Å². The van der Waals surface area contributed by atoms with Crippen LogP contribution >= 0.6 is 12.4 Å². The minimum atomic E-state index is -0.170. The van der Waals surface area contributed by atoms with Gasteiger partial charge < -0.3 is 5.73 Å². The highest BCUT2D eigenvalue weighted by Crippen LogP contribution is 2.19. The predicted molar refractivity (Wildman–Crippen MR) is 55.6 cm³/mol. The summed E-state index contributed by atoms with van der Waals surface area (Å²) in [6, 6.07) is 5.00. The highest BCUT2D eigenvalue weighted by Gasteiger charge is 2.08. The fourth-order valence-electron chi connectivity index (χ4n) is 1.25. The van der Waals surface area contributed by atoms with Crippen molar-refractivity contribution in [2.45, 2.75) is 26.3 Å². The molecule has 0 aromatic heterocycles. The minimum Gasteiger partial charge on any atom is -0.324 e. The maximum Gasteiger partial charge on any atom is 0.126 e. The molecule has 1 atom stereocenters. The Kier molecular flexibility index (Phi) is 4.96. The second kappa shape index (κ2) is 5.20. The molecule has 0 aliphatic carbocycles. The molecule has 0 saturated carbocycles. The second-order valence-corrected chi connectivity index (χ2v) is 2.97. The summed E-state index contributed by atoms with van der Waals surface area (Å²) in [4.78, 5) is 0. The standard InChI is InChI=1S/C10H14FN.ClH/c1-3-10(12)8-5-4-6-9(11)7(8)2;/h4-6,10H,3,12H2,1-2H3;1H/t10-;/m0./s1. The summed E-state index contributed by atoms with van der Waals surface area (Å²) in [5.74, 6) is -0.170. The van der Waals surface area contributed by atoms with Crippen molar-refractivity contribution in [1.29, 1.82) is 0 Å². The normalized spacial score (nSPS) is 12.0. The van der Waals surface area contributed by atoms with E-state index in [1.54, 1.807) is 13.0 Å². The quantitative estimate of drug-likeness (QED) is 0.786. The van der Waals surface area contributed by atoms with Crippen molar-refractivity contribution in [1.82, 2.24) is 0 Å². The van der Waals surface area contributed by atoms with Gasteiger partial charge in [-0.25, -0.2) is 4.39 Å². The monoisotopic (exact) mass is 203 g/mol. The van der Waals surface area contributed by atoms with Crippen molar-refractivity contribution < 1.29 is 4.39 Å². The van der Waals surface area contributed by atoms with Gasteiger partial charge in [0.1, 0.15) is 5.82 Å². The van der Waals surface area contributed by atoms with E-state index in [0.717, 1.165) is 12.0 Å². The maximum atomic E-state index is 13.0. The highest BCUT2D eigenvalue weighted by atomic mass is 35.5. The molecule has 74 valence electrons. The average molecular weight is 204 g/mol. The first-order valence-corrected chi connectivity index (χ1v) is 4.17. The van der Waals surface area contributed by atoms with Crippen LogP contribution < -0.4 is 5.73 Å². The fraction of sp³-hybridized carbons (Fsp3) is 0.400. The summed E-state index contributed by atoms with van der Waals surface area (Å²) in [5, 5.41) is 0. The highest BCUT2D eigenvalue weighted by molar-refractivity contribution is 5.85. The SMILES string of the molecule is CC[C@H](N)c1cccc(F)c1C.Cl. The van der Waals surface area contributed by atoms with Gasteiger partial charge >= 0.3 is 0 Å². The van der Waals surface area contributed by atoms with E-state index >= 15 is 0 Å². The largest absolute Gasteiger partial charge is 0.324 e.